The van der Waals surface area contributed by atoms with E-state index in [-0.39, 0.29) is 24.7 Å². The fourth-order valence-corrected chi connectivity index (χ4v) is 1.82. The van der Waals surface area contributed by atoms with Crippen LogP contribution in [0.3, 0.4) is 0 Å². The van der Waals surface area contributed by atoms with Crippen LogP contribution < -0.4 is 20.9 Å². The average molecular weight is 284 g/mol. The quantitative estimate of drug-likeness (QED) is 0.453. The second-order valence-corrected chi connectivity index (χ2v) is 4.36. The van der Waals surface area contributed by atoms with Gasteiger partial charge in [0, 0.05) is 13.1 Å². The third-order valence-corrected chi connectivity index (χ3v) is 2.79. The van der Waals surface area contributed by atoms with Crippen LogP contribution >= 0.6 is 0 Å². The number of morpholine rings is 1. The SMILES string of the molecule is CCCOc1nc(NN)nc(N2CCOC(CO)C2)n1. The number of aromatic nitrogens is 3. The molecule has 1 aliphatic rings. The molecule has 1 aromatic heterocycles. The van der Waals surface area contributed by atoms with E-state index in [4.69, 9.17) is 20.4 Å². The van der Waals surface area contributed by atoms with Crippen molar-refractivity contribution in [3.8, 4) is 6.01 Å². The minimum atomic E-state index is -0.241. The number of rotatable bonds is 6. The third kappa shape index (κ3) is 3.65. The molecule has 0 spiro atoms. The zero-order valence-corrected chi connectivity index (χ0v) is 11.4. The van der Waals surface area contributed by atoms with E-state index in [2.05, 4.69) is 20.4 Å². The zero-order valence-electron chi connectivity index (χ0n) is 11.4. The molecule has 0 aromatic carbocycles. The molecule has 9 nitrogen and oxygen atoms in total. The van der Waals surface area contributed by atoms with Crippen LogP contribution in [0.4, 0.5) is 11.9 Å². The van der Waals surface area contributed by atoms with E-state index >= 15 is 0 Å². The van der Waals surface area contributed by atoms with E-state index in [1.807, 2.05) is 11.8 Å². The number of ether oxygens (including phenoxy) is 2. The monoisotopic (exact) mass is 284 g/mol. The van der Waals surface area contributed by atoms with Gasteiger partial charge in [-0.3, -0.25) is 5.43 Å². The fraction of sp³-hybridized carbons (Fsp3) is 0.727. The molecule has 0 saturated carbocycles. The highest BCUT2D eigenvalue weighted by Gasteiger charge is 2.23. The van der Waals surface area contributed by atoms with Crippen molar-refractivity contribution < 1.29 is 14.6 Å². The van der Waals surface area contributed by atoms with Crippen molar-refractivity contribution in [2.45, 2.75) is 19.4 Å². The largest absolute Gasteiger partial charge is 0.463 e. The molecule has 0 aliphatic carbocycles. The van der Waals surface area contributed by atoms with Gasteiger partial charge in [-0.25, -0.2) is 5.84 Å². The number of hydrogen-bond acceptors (Lipinski definition) is 9. The number of nitrogens with one attached hydrogen (secondary N) is 1. The summed E-state index contributed by atoms with van der Waals surface area (Å²) in [7, 11) is 0. The van der Waals surface area contributed by atoms with Gasteiger partial charge in [-0.05, 0) is 6.42 Å². The Hall–Kier alpha value is -1.71. The fourth-order valence-electron chi connectivity index (χ4n) is 1.82. The topological polar surface area (TPSA) is 119 Å². The predicted octanol–water partition coefficient (Wildman–Crippen LogP) is -0.856. The molecular formula is C11H20N6O3. The normalized spacial score (nSPS) is 18.9. The van der Waals surface area contributed by atoms with Gasteiger partial charge in [0.25, 0.3) is 0 Å². The highest BCUT2D eigenvalue weighted by molar-refractivity contribution is 5.38. The van der Waals surface area contributed by atoms with Crippen molar-refractivity contribution in [2.24, 2.45) is 5.84 Å². The molecule has 1 unspecified atom stereocenters. The zero-order chi connectivity index (χ0) is 14.4. The van der Waals surface area contributed by atoms with Gasteiger partial charge in [0.2, 0.25) is 11.9 Å². The maximum absolute atomic E-state index is 9.17. The van der Waals surface area contributed by atoms with E-state index in [0.29, 0.717) is 32.3 Å². The van der Waals surface area contributed by atoms with Crippen LogP contribution in [0.15, 0.2) is 0 Å². The molecule has 20 heavy (non-hydrogen) atoms. The molecule has 4 N–H and O–H groups in total. The summed E-state index contributed by atoms with van der Waals surface area (Å²) < 4.78 is 10.8. The Bertz CT molecular complexity index is 433. The highest BCUT2D eigenvalue weighted by atomic mass is 16.5. The Kier molecular flexibility index (Phi) is 5.27. The number of aliphatic hydroxyl groups is 1. The highest BCUT2D eigenvalue weighted by Crippen LogP contribution is 2.17. The van der Waals surface area contributed by atoms with Crippen molar-refractivity contribution >= 4 is 11.9 Å². The Morgan fingerprint density at radius 2 is 2.35 bits per heavy atom. The summed E-state index contributed by atoms with van der Waals surface area (Å²) in [5.41, 5.74) is 2.40. The van der Waals surface area contributed by atoms with Gasteiger partial charge in [-0.15, -0.1) is 0 Å². The predicted molar refractivity (Wildman–Crippen MR) is 72.5 cm³/mol. The first-order valence-electron chi connectivity index (χ1n) is 6.59. The smallest absolute Gasteiger partial charge is 0.323 e. The Morgan fingerprint density at radius 3 is 3.05 bits per heavy atom. The number of nitrogens with zero attached hydrogens (tertiary/aromatic N) is 4. The van der Waals surface area contributed by atoms with Gasteiger partial charge < -0.3 is 19.5 Å². The van der Waals surface area contributed by atoms with Crippen LogP contribution in [0.2, 0.25) is 0 Å². The molecule has 2 rings (SSSR count). The first-order valence-corrected chi connectivity index (χ1v) is 6.59. The molecule has 2 heterocycles. The first-order chi connectivity index (χ1) is 9.76. The summed E-state index contributed by atoms with van der Waals surface area (Å²) in [5, 5.41) is 9.17. The summed E-state index contributed by atoms with van der Waals surface area (Å²) in [6, 6.07) is 0.233. The molecule has 0 radical (unpaired) electrons. The number of aliphatic hydroxyl groups excluding tert-OH is 1. The lowest BCUT2D eigenvalue weighted by Gasteiger charge is -2.32. The van der Waals surface area contributed by atoms with E-state index in [9.17, 15) is 0 Å². The van der Waals surface area contributed by atoms with Crippen LogP contribution in [-0.4, -0.2) is 59.1 Å². The Balaban J connectivity index is 2.16. The number of hydrazine groups is 1. The minimum Gasteiger partial charge on any atom is -0.463 e. The molecule has 1 aliphatic heterocycles. The first kappa shape index (κ1) is 14.7. The maximum Gasteiger partial charge on any atom is 0.323 e. The molecule has 112 valence electrons. The molecule has 0 amide bonds. The van der Waals surface area contributed by atoms with Crippen LogP contribution in [-0.2, 0) is 4.74 Å². The van der Waals surface area contributed by atoms with Gasteiger partial charge in [0.1, 0.15) is 0 Å². The minimum absolute atomic E-state index is 0.0389. The standard InChI is InChI=1S/C11H20N6O3/c1-2-4-20-11-14-9(16-12)13-10(15-11)17-3-5-19-8(6-17)7-18/h8,18H,2-7,12H2,1H3,(H,13,14,15,16). The summed E-state index contributed by atoms with van der Waals surface area (Å²) in [5.74, 6) is 6.06. The molecule has 0 bridgehead atoms. The number of nitrogen functional groups attached to an aromatic ring is 1. The maximum atomic E-state index is 9.17. The van der Waals surface area contributed by atoms with Gasteiger partial charge in [-0.2, -0.15) is 15.0 Å². The number of nitrogens with two attached hydrogens (primary N) is 1. The van der Waals surface area contributed by atoms with E-state index in [0.717, 1.165) is 6.42 Å². The van der Waals surface area contributed by atoms with Gasteiger partial charge in [0.05, 0.1) is 25.9 Å². The summed E-state index contributed by atoms with van der Waals surface area (Å²) in [6.45, 7) is 4.14. The second-order valence-electron chi connectivity index (χ2n) is 4.36. The van der Waals surface area contributed by atoms with E-state index < -0.39 is 0 Å². The van der Waals surface area contributed by atoms with Crippen LogP contribution in [0.5, 0.6) is 6.01 Å². The molecule has 1 atom stereocenters. The van der Waals surface area contributed by atoms with Gasteiger partial charge >= 0.3 is 6.01 Å². The van der Waals surface area contributed by atoms with Crippen molar-refractivity contribution in [1.82, 2.24) is 15.0 Å². The van der Waals surface area contributed by atoms with Crippen molar-refractivity contribution in [3.63, 3.8) is 0 Å². The van der Waals surface area contributed by atoms with Gasteiger partial charge in [0.15, 0.2) is 0 Å². The molecule has 1 fully saturated rings. The Morgan fingerprint density at radius 1 is 1.50 bits per heavy atom. The molecule has 1 aromatic rings. The number of hydrogen-bond donors (Lipinski definition) is 3. The van der Waals surface area contributed by atoms with Crippen LogP contribution in [0.1, 0.15) is 13.3 Å². The third-order valence-electron chi connectivity index (χ3n) is 2.79. The van der Waals surface area contributed by atoms with Crippen LogP contribution in [0.25, 0.3) is 0 Å². The molecule has 9 heteroatoms. The lowest BCUT2D eigenvalue weighted by atomic mass is 10.3. The average Bonchev–Trinajstić information content (AvgIpc) is 2.52. The van der Waals surface area contributed by atoms with E-state index in [1.165, 1.54) is 0 Å². The van der Waals surface area contributed by atoms with Crippen molar-refractivity contribution in [3.05, 3.63) is 0 Å². The second kappa shape index (κ2) is 7.17. The van der Waals surface area contributed by atoms with Crippen molar-refractivity contribution in [1.29, 1.82) is 0 Å². The summed E-state index contributed by atoms with van der Waals surface area (Å²) >= 11 is 0. The molecular weight excluding hydrogens is 264 g/mol. The lowest BCUT2D eigenvalue weighted by Crippen LogP contribution is -2.45. The van der Waals surface area contributed by atoms with Crippen molar-refractivity contribution in [2.75, 3.05) is 43.2 Å². The summed E-state index contributed by atoms with van der Waals surface area (Å²) in [4.78, 5) is 14.4. The Labute approximate surface area is 117 Å². The lowest BCUT2D eigenvalue weighted by molar-refractivity contribution is 0.00310. The van der Waals surface area contributed by atoms with E-state index in [1.54, 1.807) is 0 Å². The molecule has 1 saturated heterocycles. The number of anilines is 2. The van der Waals surface area contributed by atoms with Gasteiger partial charge in [-0.1, -0.05) is 6.92 Å². The summed E-state index contributed by atoms with van der Waals surface area (Å²) in [6.07, 6.45) is 0.617. The van der Waals surface area contributed by atoms with Crippen LogP contribution in [0, 0.1) is 0 Å².